The van der Waals surface area contributed by atoms with Gasteiger partial charge in [0, 0.05) is 22.9 Å². The van der Waals surface area contributed by atoms with Crippen LogP contribution in [0.5, 0.6) is 0 Å². The Bertz CT molecular complexity index is 1200. The summed E-state index contributed by atoms with van der Waals surface area (Å²) in [5.41, 5.74) is 9.41. The highest BCUT2D eigenvalue weighted by atomic mass is 35.5. The summed E-state index contributed by atoms with van der Waals surface area (Å²) in [6.45, 7) is 3.83. The monoisotopic (exact) mass is 466 g/mol. The normalized spacial score (nSPS) is 10.9. The van der Waals surface area contributed by atoms with E-state index in [2.05, 4.69) is 10.4 Å². The maximum Gasteiger partial charge on any atom is 0.331 e. The second kappa shape index (κ2) is 10.6. The van der Waals surface area contributed by atoms with Gasteiger partial charge in [-0.25, -0.2) is 9.48 Å². The second-order valence-corrected chi connectivity index (χ2v) is 7.72. The van der Waals surface area contributed by atoms with Crippen molar-refractivity contribution in [3.63, 3.8) is 0 Å². The van der Waals surface area contributed by atoms with Crippen molar-refractivity contribution >= 4 is 41.1 Å². The van der Waals surface area contributed by atoms with Crippen LogP contribution < -0.4 is 11.1 Å². The first-order chi connectivity index (χ1) is 15.7. The third-order valence-electron chi connectivity index (χ3n) is 4.75. The fraction of sp³-hybridized carbons (Fsp3) is 0.167. The molecule has 0 atom stereocenters. The number of ether oxygens (including phenoxy) is 1. The Hall–Kier alpha value is -3.91. The summed E-state index contributed by atoms with van der Waals surface area (Å²) >= 11 is 6.45. The molecule has 0 saturated heterocycles. The number of halogens is 1. The molecule has 9 heteroatoms. The molecule has 3 N–H and O–H groups in total. The highest BCUT2D eigenvalue weighted by molar-refractivity contribution is 6.31. The summed E-state index contributed by atoms with van der Waals surface area (Å²) in [4.78, 5) is 35.1. The molecule has 3 aromatic rings. The smallest absolute Gasteiger partial charge is 0.331 e. The molecule has 1 aromatic heterocycles. The number of rotatable bonds is 8. The number of hydrogen-bond donors (Lipinski definition) is 2. The zero-order chi connectivity index (χ0) is 24.0. The lowest BCUT2D eigenvalue weighted by Gasteiger charge is -2.06. The van der Waals surface area contributed by atoms with Crippen molar-refractivity contribution in [2.24, 2.45) is 5.73 Å². The minimum atomic E-state index is -0.698. The van der Waals surface area contributed by atoms with E-state index in [1.54, 1.807) is 11.6 Å². The van der Waals surface area contributed by atoms with Gasteiger partial charge in [0.25, 0.3) is 5.91 Å². The molecule has 0 aliphatic carbocycles. The van der Waals surface area contributed by atoms with Crippen molar-refractivity contribution in [3.8, 4) is 0 Å². The maximum absolute atomic E-state index is 12.0. The van der Waals surface area contributed by atoms with Gasteiger partial charge in [0.05, 0.1) is 12.2 Å². The number of nitrogens with zero attached hydrogens (tertiary/aromatic N) is 2. The zero-order valence-corrected chi connectivity index (χ0v) is 18.9. The number of esters is 1. The van der Waals surface area contributed by atoms with Gasteiger partial charge in [0.1, 0.15) is 5.15 Å². The highest BCUT2D eigenvalue weighted by Crippen LogP contribution is 2.22. The third-order valence-corrected chi connectivity index (χ3v) is 5.15. The Morgan fingerprint density at radius 2 is 1.76 bits per heavy atom. The first kappa shape index (κ1) is 23.7. The van der Waals surface area contributed by atoms with E-state index in [1.807, 2.05) is 31.2 Å². The van der Waals surface area contributed by atoms with Crippen molar-refractivity contribution in [2.45, 2.75) is 20.4 Å². The quantitative estimate of drug-likeness (QED) is 0.389. The van der Waals surface area contributed by atoms with Crippen molar-refractivity contribution in [1.82, 2.24) is 9.78 Å². The number of amides is 2. The van der Waals surface area contributed by atoms with Crippen LogP contribution in [0, 0.1) is 13.8 Å². The Morgan fingerprint density at radius 1 is 1.09 bits per heavy atom. The van der Waals surface area contributed by atoms with E-state index in [4.69, 9.17) is 22.1 Å². The number of aryl methyl sites for hydroxylation is 2. The molecule has 33 heavy (non-hydrogen) atoms. The number of carbonyl (C=O) groups is 3. The second-order valence-electron chi connectivity index (χ2n) is 7.36. The lowest BCUT2D eigenvalue weighted by Crippen LogP contribution is -2.20. The molecule has 2 aromatic carbocycles. The molecule has 8 nitrogen and oxygen atoms in total. The Kier molecular flexibility index (Phi) is 7.63. The fourth-order valence-corrected chi connectivity index (χ4v) is 3.28. The van der Waals surface area contributed by atoms with Gasteiger partial charge in [-0.3, -0.25) is 9.59 Å². The number of primary amides is 1. The van der Waals surface area contributed by atoms with E-state index in [1.165, 1.54) is 42.0 Å². The Balaban J connectivity index is 1.54. The minimum Gasteiger partial charge on any atom is -0.452 e. The SMILES string of the molecule is Cc1ccc(Cn2nc(C)c(C=CC(=O)OCC(=O)Nc3ccc(C(N)=O)cc3)c2Cl)cc1. The van der Waals surface area contributed by atoms with Gasteiger partial charge < -0.3 is 15.8 Å². The number of aromatic nitrogens is 2. The van der Waals surface area contributed by atoms with E-state index in [9.17, 15) is 14.4 Å². The van der Waals surface area contributed by atoms with Crippen molar-refractivity contribution < 1.29 is 19.1 Å². The molecule has 0 radical (unpaired) electrons. The Labute approximate surface area is 196 Å². The van der Waals surface area contributed by atoms with Crippen LogP contribution in [-0.4, -0.2) is 34.2 Å². The van der Waals surface area contributed by atoms with Gasteiger partial charge in [-0.1, -0.05) is 41.4 Å². The standard InChI is InChI=1S/C24H23ClN4O4/c1-15-3-5-17(6-4-15)13-29-23(25)20(16(2)28-29)11-12-22(31)33-14-21(30)27-19-9-7-18(8-10-19)24(26)32/h3-12H,13-14H2,1-2H3,(H2,26,32)(H,27,30). The van der Waals surface area contributed by atoms with E-state index >= 15 is 0 Å². The van der Waals surface area contributed by atoms with Gasteiger partial charge in [-0.2, -0.15) is 5.10 Å². The predicted molar refractivity (Wildman–Crippen MR) is 126 cm³/mol. The summed E-state index contributed by atoms with van der Waals surface area (Å²) in [6.07, 6.45) is 2.71. The molecule has 0 saturated carbocycles. The molecule has 170 valence electrons. The molecule has 2 amide bonds. The molecular weight excluding hydrogens is 444 g/mol. The van der Waals surface area contributed by atoms with Gasteiger partial charge >= 0.3 is 5.97 Å². The van der Waals surface area contributed by atoms with Crippen molar-refractivity contribution in [3.05, 3.63) is 87.7 Å². The van der Waals surface area contributed by atoms with Crippen LogP contribution in [0.2, 0.25) is 5.15 Å². The first-order valence-corrected chi connectivity index (χ1v) is 10.4. The van der Waals surface area contributed by atoms with Crippen LogP contribution in [0.15, 0.2) is 54.6 Å². The lowest BCUT2D eigenvalue weighted by molar-refractivity contribution is -0.142. The van der Waals surface area contributed by atoms with E-state index in [0.29, 0.717) is 34.2 Å². The average Bonchev–Trinajstić information content (AvgIpc) is 3.05. The van der Waals surface area contributed by atoms with Gasteiger partial charge in [0.2, 0.25) is 5.91 Å². The summed E-state index contributed by atoms with van der Waals surface area (Å²) in [5, 5.41) is 7.39. The summed E-state index contributed by atoms with van der Waals surface area (Å²) in [7, 11) is 0. The van der Waals surface area contributed by atoms with Crippen LogP contribution >= 0.6 is 11.6 Å². The molecule has 1 heterocycles. The van der Waals surface area contributed by atoms with E-state index < -0.39 is 24.4 Å². The number of carbonyl (C=O) groups excluding carboxylic acids is 3. The van der Waals surface area contributed by atoms with Crippen LogP contribution in [0.25, 0.3) is 6.08 Å². The van der Waals surface area contributed by atoms with Crippen molar-refractivity contribution in [1.29, 1.82) is 0 Å². The minimum absolute atomic E-state index is 0.320. The van der Waals surface area contributed by atoms with Crippen LogP contribution in [-0.2, 0) is 20.9 Å². The van der Waals surface area contributed by atoms with Crippen LogP contribution in [0.4, 0.5) is 5.69 Å². The topological polar surface area (TPSA) is 116 Å². The van der Waals surface area contributed by atoms with Gasteiger partial charge in [-0.05, 0) is 49.8 Å². The zero-order valence-electron chi connectivity index (χ0n) is 18.2. The number of nitrogens with two attached hydrogens (primary N) is 1. The lowest BCUT2D eigenvalue weighted by atomic mass is 10.1. The summed E-state index contributed by atoms with van der Waals surface area (Å²) in [5.74, 6) is -1.79. The summed E-state index contributed by atoms with van der Waals surface area (Å²) in [6, 6.07) is 14.1. The molecule has 0 aliphatic heterocycles. The molecular formula is C24H23ClN4O4. The summed E-state index contributed by atoms with van der Waals surface area (Å²) < 4.78 is 6.63. The number of nitrogens with one attached hydrogen (secondary N) is 1. The van der Waals surface area contributed by atoms with Gasteiger partial charge in [0.15, 0.2) is 6.61 Å². The molecule has 3 rings (SSSR count). The average molecular weight is 467 g/mol. The largest absolute Gasteiger partial charge is 0.452 e. The first-order valence-electron chi connectivity index (χ1n) is 10.1. The van der Waals surface area contributed by atoms with Crippen LogP contribution in [0.1, 0.15) is 32.7 Å². The highest BCUT2D eigenvalue weighted by Gasteiger charge is 2.13. The number of hydrogen-bond acceptors (Lipinski definition) is 5. The molecule has 0 bridgehead atoms. The third kappa shape index (κ3) is 6.54. The fourth-order valence-electron chi connectivity index (χ4n) is 2.98. The van der Waals surface area contributed by atoms with E-state index in [0.717, 1.165) is 5.56 Å². The van der Waals surface area contributed by atoms with Crippen molar-refractivity contribution in [2.75, 3.05) is 11.9 Å². The number of benzene rings is 2. The molecule has 0 aliphatic rings. The maximum atomic E-state index is 12.0. The predicted octanol–water partition coefficient (Wildman–Crippen LogP) is 3.50. The van der Waals surface area contributed by atoms with Crippen LogP contribution in [0.3, 0.4) is 0 Å². The molecule has 0 unspecified atom stereocenters. The molecule has 0 spiro atoms. The molecule has 0 fully saturated rings. The van der Waals surface area contributed by atoms with E-state index in [-0.39, 0.29) is 0 Å². The number of anilines is 1. The van der Waals surface area contributed by atoms with Gasteiger partial charge in [-0.15, -0.1) is 0 Å². The Morgan fingerprint density at radius 3 is 2.39 bits per heavy atom.